The van der Waals surface area contributed by atoms with Gasteiger partial charge in [0, 0.05) is 44.5 Å². The Kier molecular flexibility index (Phi) is 7.18. The van der Waals surface area contributed by atoms with Gasteiger partial charge in [-0.15, -0.1) is 0 Å². The molecule has 5 heteroatoms. The van der Waals surface area contributed by atoms with E-state index in [-0.39, 0.29) is 6.03 Å². The van der Waals surface area contributed by atoms with Crippen LogP contribution >= 0.6 is 0 Å². The van der Waals surface area contributed by atoms with Crippen LogP contribution in [0.25, 0.3) is 0 Å². The monoisotopic (exact) mass is 358 g/mol. The molecule has 2 amide bonds. The van der Waals surface area contributed by atoms with Crippen LogP contribution < -0.4 is 15.5 Å². The summed E-state index contributed by atoms with van der Waals surface area (Å²) in [5.74, 6) is 0.537. The highest BCUT2D eigenvalue weighted by Gasteiger charge is 2.23. The van der Waals surface area contributed by atoms with Crippen LogP contribution in [0, 0.1) is 5.92 Å². The van der Waals surface area contributed by atoms with Crippen molar-refractivity contribution in [3.8, 4) is 0 Å². The van der Waals surface area contributed by atoms with Gasteiger partial charge in [0.15, 0.2) is 0 Å². The Labute approximate surface area is 158 Å². The summed E-state index contributed by atoms with van der Waals surface area (Å²) in [5.41, 5.74) is 1.28. The molecule has 2 saturated heterocycles. The van der Waals surface area contributed by atoms with Crippen molar-refractivity contribution < 1.29 is 4.79 Å². The van der Waals surface area contributed by atoms with E-state index in [9.17, 15) is 4.79 Å². The van der Waals surface area contributed by atoms with Crippen LogP contribution in [0.5, 0.6) is 0 Å². The molecule has 0 spiro atoms. The highest BCUT2D eigenvalue weighted by Crippen LogP contribution is 2.22. The number of rotatable bonds is 7. The number of hydrogen-bond acceptors (Lipinski definition) is 3. The predicted octanol–water partition coefficient (Wildman–Crippen LogP) is 3.08. The third-order valence-electron chi connectivity index (χ3n) is 5.81. The first-order valence-electron chi connectivity index (χ1n) is 10.3. The zero-order chi connectivity index (χ0) is 18.2. The number of hydrogen-bond donors (Lipinski definition) is 2. The summed E-state index contributed by atoms with van der Waals surface area (Å²) < 4.78 is 0. The van der Waals surface area contributed by atoms with E-state index in [4.69, 9.17) is 0 Å². The van der Waals surface area contributed by atoms with Gasteiger partial charge in [0.05, 0.1) is 0 Å². The number of benzene rings is 1. The van der Waals surface area contributed by atoms with Crippen molar-refractivity contribution in [1.29, 1.82) is 0 Å². The van der Waals surface area contributed by atoms with Gasteiger partial charge in [-0.05, 0) is 57.2 Å². The topological polar surface area (TPSA) is 47.6 Å². The third kappa shape index (κ3) is 5.63. The Morgan fingerprint density at radius 3 is 2.77 bits per heavy atom. The number of nitrogens with zero attached hydrogens (tertiary/aromatic N) is 2. The second-order valence-corrected chi connectivity index (χ2v) is 7.81. The van der Waals surface area contributed by atoms with E-state index in [2.05, 4.69) is 57.7 Å². The largest absolute Gasteiger partial charge is 0.371 e. The van der Waals surface area contributed by atoms with E-state index >= 15 is 0 Å². The van der Waals surface area contributed by atoms with Crippen molar-refractivity contribution in [3.05, 3.63) is 30.3 Å². The van der Waals surface area contributed by atoms with Gasteiger partial charge in [-0.3, -0.25) is 0 Å². The second kappa shape index (κ2) is 9.81. The fourth-order valence-corrected chi connectivity index (χ4v) is 4.15. The minimum Gasteiger partial charge on any atom is -0.371 e. The molecule has 26 heavy (non-hydrogen) atoms. The zero-order valence-electron chi connectivity index (χ0n) is 16.1. The Balaban J connectivity index is 1.26. The molecule has 5 nitrogen and oxygen atoms in total. The number of likely N-dealkylation sites (tertiary alicyclic amines) is 1. The number of para-hydroxylation sites is 1. The molecular weight excluding hydrogens is 324 g/mol. The fraction of sp³-hybridized carbons (Fsp3) is 0.667. The van der Waals surface area contributed by atoms with Crippen molar-refractivity contribution in [2.45, 2.75) is 45.1 Å². The lowest BCUT2D eigenvalue weighted by molar-refractivity contribution is 0.159. The van der Waals surface area contributed by atoms with Crippen LogP contribution in [0.2, 0.25) is 0 Å². The van der Waals surface area contributed by atoms with Gasteiger partial charge in [-0.2, -0.15) is 0 Å². The number of anilines is 1. The van der Waals surface area contributed by atoms with Gasteiger partial charge in [-0.25, -0.2) is 4.79 Å². The van der Waals surface area contributed by atoms with Crippen LogP contribution in [-0.2, 0) is 0 Å². The molecule has 0 saturated carbocycles. The van der Waals surface area contributed by atoms with Gasteiger partial charge in [-0.1, -0.05) is 24.6 Å². The highest BCUT2D eigenvalue weighted by molar-refractivity contribution is 5.73. The molecule has 1 aromatic carbocycles. The maximum atomic E-state index is 12.0. The van der Waals surface area contributed by atoms with Crippen LogP contribution in [-0.4, -0.2) is 56.2 Å². The first-order chi connectivity index (χ1) is 12.7. The van der Waals surface area contributed by atoms with Crippen molar-refractivity contribution >= 4 is 11.7 Å². The number of amides is 2. The third-order valence-corrected chi connectivity index (χ3v) is 5.81. The van der Waals surface area contributed by atoms with E-state index in [0.717, 1.165) is 45.6 Å². The molecule has 2 heterocycles. The molecule has 0 radical (unpaired) electrons. The predicted molar refractivity (Wildman–Crippen MR) is 108 cm³/mol. The minimum atomic E-state index is -0.0187. The SMILES string of the molecule is C[C@H]1CCCCN1CCCNC(=O)NC[C@H]1CCN(c2ccccc2)C1. The number of carbonyl (C=O) groups excluding carboxylic acids is 1. The first-order valence-corrected chi connectivity index (χ1v) is 10.3. The lowest BCUT2D eigenvalue weighted by atomic mass is 10.0. The minimum absolute atomic E-state index is 0.0187. The summed E-state index contributed by atoms with van der Waals surface area (Å²) in [6, 6.07) is 11.2. The van der Waals surface area contributed by atoms with E-state index in [0.29, 0.717) is 12.0 Å². The lowest BCUT2D eigenvalue weighted by Gasteiger charge is -2.33. The Bertz CT molecular complexity index is 550. The first kappa shape index (κ1) is 19.0. The summed E-state index contributed by atoms with van der Waals surface area (Å²) in [6.45, 7) is 8.25. The molecule has 0 bridgehead atoms. The maximum absolute atomic E-state index is 12.0. The van der Waals surface area contributed by atoms with Crippen LogP contribution in [0.3, 0.4) is 0 Å². The molecular formula is C21H34N4O. The summed E-state index contributed by atoms with van der Waals surface area (Å²) in [6.07, 6.45) is 6.17. The molecule has 2 N–H and O–H groups in total. The summed E-state index contributed by atoms with van der Waals surface area (Å²) >= 11 is 0. The number of piperidine rings is 1. The molecule has 2 aliphatic rings. The van der Waals surface area contributed by atoms with Crippen LogP contribution in [0.15, 0.2) is 30.3 Å². The van der Waals surface area contributed by atoms with E-state index in [1.165, 1.54) is 31.5 Å². The van der Waals surface area contributed by atoms with E-state index in [1.807, 2.05) is 0 Å². The Morgan fingerprint density at radius 1 is 1.12 bits per heavy atom. The number of carbonyl (C=O) groups is 1. The molecule has 0 unspecified atom stereocenters. The quantitative estimate of drug-likeness (QED) is 0.737. The van der Waals surface area contributed by atoms with E-state index < -0.39 is 0 Å². The maximum Gasteiger partial charge on any atom is 0.314 e. The van der Waals surface area contributed by atoms with Crippen molar-refractivity contribution in [3.63, 3.8) is 0 Å². The summed E-state index contributed by atoms with van der Waals surface area (Å²) in [5, 5.41) is 6.07. The second-order valence-electron chi connectivity index (χ2n) is 7.81. The standard InChI is InChI=1S/C21H34N4O/c1-18-8-5-6-13-24(18)14-7-12-22-21(26)23-16-19-11-15-25(17-19)20-9-3-2-4-10-20/h2-4,9-10,18-19H,5-8,11-17H2,1H3,(H2,22,23,26)/t18-,19+/m0/s1. The molecule has 0 aliphatic carbocycles. The summed E-state index contributed by atoms with van der Waals surface area (Å²) in [7, 11) is 0. The molecule has 2 aliphatic heterocycles. The Hall–Kier alpha value is -1.75. The number of urea groups is 1. The fourth-order valence-electron chi connectivity index (χ4n) is 4.15. The van der Waals surface area contributed by atoms with Crippen LogP contribution in [0.4, 0.5) is 10.5 Å². The van der Waals surface area contributed by atoms with Crippen molar-refractivity contribution in [1.82, 2.24) is 15.5 Å². The van der Waals surface area contributed by atoms with Gasteiger partial charge in [0.1, 0.15) is 0 Å². The molecule has 144 valence electrons. The van der Waals surface area contributed by atoms with Crippen molar-refractivity contribution in [2.75, 3.05) is 44.2 Å². The lowest BCUT2D eigenvalue weighted by Crippen LogP contribution is -2.41. The zero-order valence-corrected chi connectivity index (χ0v) is 16.1. The van der Waals surface area contributed by atoms with E-state index in [1.54, 1.807) is 0 Å². The smallest absolute Gasteiger partial charge is 0.314 e. The Morgan fingerprint density at radius 2 is 1.96 bits per heavy atom. The molecule has 1 aromatic rings. The average Bonchev–Trinajstić information content (AvgIpc) is 3.15. The van der Waals surface area contributed by atoms with Crippen LogP contribution in [0.1, 0.15) is 39.0 Å². The molecule has 3 rings (SSSR count). The average molecular weight is 359 g/mol. The van der Waals surface area contributed by atoms with Crippen molar-refractivity contribution in [2.24, 2.45) is 5.92 Å². The molecule has 0 aromatic heterocycles. The summed E-state index contributed by atoms with van der Waals surface area (Å²) in [4.78, 5) is 17.0. The van der Waals surface area contributed by atoms with Gasteiger partial charge < -0.3 is 20.4 Å². The molecule has 2 fully saturated rings. The van der Waals surface area contributed by atoms with Gasteiger partial charge >= 0.3 is 6.03 Å². The van der Waals surface area contributed by atoms with Gasteiger partial charge in [0.25, 0.3) is 0 Å². The van der Waals surface area contributed by atoms with Gasteiger partial charge in [0.2, 0.25) is 0 Å². The highest BCUT2D eigenvalue weighted by atomic mass is 16.2. The normalized spacial score (nSPS) is 23.8. The molecule has 2 atom stereocenters. The number of nitrogens with one attached hydrogen (secondary N) is 2.